The maximum Gasteiger partial charge on any atom is 0.338 e. The molecule has 0 aliphatic carbocycles. The summed E-state index contributed by atoms with van der Waals surface area (Å²) in [5, 5.41) is 16.9. The molecule has 0 aliphatic rings. The number of ether oxygens (including phenoxy) is 1. The molecule has 1 aromatic heterocycles. The molecule has 44 heavy (non-hydrogen) atoms. The van der Waals surface area contributed by atoms with E-state index in [2.05, 4.69) is 32.9 Å². The summed E-state index contributed by atoms with van der Waals surface area (Å²) in [5.41, 5.74) is 3.57. The molecule has 2 amide bonds. The van der Waals surface area contributed by atoms with Crippen molar-refractivity contribution < 1.29 is 23.9 Å². The second kappa shape index (κ2) is 17.3. The summed E-state index contributed by atoms with van der Waals surface area (Å²) in [6.07, 6.45) is 3.12. The highest BCUT2D eigenvalue weighted by Gasteiger charge is 2.35. The average molecular weight is 623 g/mol. The van der Waals surface area contributed by atoms with Crippen LogP contribution in [-0.4, -0.2) is 73.9 Å². The monoisotopic (exact) mass is 622 g/mol. The predicted octanol–water partition coefficient (Wildman–Crippen LogP) is 4.65. The molecule has 11 nitrogen and oxygen atoms in total. The highest BCUT2D eigenvalue weighted by atomic mass is 32.2. The van der Waals surface area contributed by atoms with Crippen LogP contribution in [0, 0.1) is 11.8 Å². The number of tetrazole rings is 1. The third-order valence-electron chi connectivity index (χ3n) is 7.08. The van der Waals surface area contributed by atoms with Gasteiger partial charge in [-0.2, -0.15) is 5.21 Å². The molecule has 3 rings (SSSR count). The number of nitrogens with zero attached hydrogens (tertiary/aromatic N) is 4. The lowest BCUT2D eigenvalue weighted by Crippen LogP contribution is -2.54. The number of rotatable bonds is 16. The van der Waals surface area contributed by atoms with Crippen molar-refractivity contribution in [2.45, 2.75) is 66.0 Å². The Kier molecular flexibility index (Phi) is 13.5. The number of carbonyl (C=O) groups is 4. The topological polar surface area (TPSA) is 147 Å². The number of H-pyrrole nitrogens is 1. The molecular formula is C32H42N6O5S. The number of aromatic nitrogens is 4. The number of methoxy groups -OCH3 is 1. The lowest BCUT2D eigenvalue weighted by Gasteiger charge is -2.28. The third kappa shape index (κ3) is 10.0. The fourth-order valence-electron chi connectivity index (χ4n) is 4.86. The first-order chi connectivity index (χ1) is 21.1. The van der Waals surface area contributed by atoms with Crippen molar-refractivity contribution in [3.63, 3.8) is 0 Å². The highest BCUT2D eigenvalue weighted by Crippen LogP contribution is 2.30. The quantitative estimate of drug-likeness (QED) is 0.132. The first-order valence-corrected chi connectivity index (χ1v) is 15.9. The smallest absolute Gasteiger partial charge is 0.338 e. The van der Waals surface area contributed by atoms with E-state index in [0.717, 1.165) is 53.3 Å². The minimum atomic E-state index is -1.49. The zero-order chi connectivity index (χ0) is 32.1. The first-order valence-electron chi connectivity index (χ1n) is 14.9. The van der Waals surface area contributed by atoms with Crippen molar-refractivity contribution in [3.05, 3.63) is 54.1 Å². The van der Waals surface area contributed by atoms with E-state index < -0.39 is 29.7 Å². The summed E-state index contributed by atoms with van der Waals surface area (Å²) in [6.45, 7) is 8.13. The van der Waals surface area contributed by atoms with Crippen LogP contribution >= 0.6 is 11.8 Å². The standard InChI is InChI=1S/C32H42N6O5S/c1-6-7-10-17-38(31(41)28(32(42)43-5)33-30(40)25(18-21(2)3)20-44-22(4)39)19-23-13-15-24(16-14-23)26-11-8-9-12-27(26)29-34-36-37-35-29/h8-9,11-16,21,25,28H,6-7,10,17-20H2,1-5H3,(H,33,40)(H,34,35,36,37). The van der Waals surface area contributed by atoms with Crippen molar-refractivity contribution in [3.8, 4) is 22.5 Å². The van der Waals surface area contributed by atoms with Crippen molar-refractivity contribution in [2.75, 3.05) is 19.4 Å². The number of hydrogen-bond donors (Lipinski definition) is 2. The first kappa shape index (κ1) is 34.4. The number of benzene rings is 2. The molecular weight excluding hydrogens is 580 g/mol. The van der Waals surface area contributed by atoms with Crippen molar-refractivity contribution in [1.82, 2.24) is 30.8 Å². The molecule has 0 saturated carbocycles. The minimum absolute atomic E-state index is 0.0985. The van der Waals surface area contributed by atoms with Crippen LogP contribution in [-0.2, 0) is 30.5 Å². The largest absolute Gasteiger partial charge is 0.467 e. The average Bonchev–Trinajstić information content (AvgIpc) is 3.56. The summed E-state index contributed by atoms with van der Waals surface area (Å²) < 4.78 is 4.95. The van der Waals surface area contributed by atoms with Gasteiger partial charge in [-0.1, -0.05) is 93.9 Å². The maximum absolute atomic E-state index is 13.9. The molecule has 2 N–H and O–H groups in total. The summed E-state index contributed by atoms with van der Waals surface area (Å²) in [7, 11) is 1.19. The zero-order valence-electron chi connectivity index (χ0n) is 26.0. The Morgan fingerprint density at radius 2 is 1.73 bits per heavy atom. The van der Waals surface area contributed by atoms with E-state index in [9.17, 15) is 19.2 Å². The van der Waals surface area contributed by atoms with Gasteiger partial charge >= 0.3 is 5.97 Å². The number of unbranched alkanes of at least 4 members (excludes halogenated alkanes) is 2. The maximum atomic E-state index is 13.9. The van der Waals surface area contributed by atoms with Gasteiger partial charge in [0, 0.05) is 37.2 Å². The molecule has 236 valence electrons. The normalized spacial score (nSPS) is 12.4. The molecule has 0 fully saturated rings. The summed E-state index contributed by atoms with van der Waals surface area (Å²) in [5.74, 6) is -1.42. The Hall–Kier alpha value is -4.06. The lowest BCUT2D eigenvalue weighted by molar-refractivity contribution is -0.153. The van der Waals surface area contributed by atoms with E-state index in [1.165, 1.54) is 14.0 Å². The Morgan fingerprint density at radius 3 is 2.32 bits per heavy atom. The number of amides is 2. The van der Waals surface area contributed by atoms with Crippen LogP contribution < -0.4 is 5.32 Å². The van der Waals surface area contributed by atoms with E-state index in [0.29, 0.717) is 18.8 Å². The van der Waals surface area contributed by atoms with Crippen LogP contribution in [0.25, 0.3) is 22.5 Å². The van der Waals surface area contributed by atoms with E-state index in [-0.39, 0.29) is 23.3 Å². The van der Waals surface area contributed by atoms with Gasteiger partial charge in [-0.25, -0.2) is 4.79 Å². The van der Waals surface area contributed by atoms with E-state index in [1.54, 1.807) is 4.90 Å². The minimum Gasteiger partial charge on any atom is -0.467 e. The number of nitrogens with one attached hydrogen (secondary N) is 2. The Bertz CT molecular complexity index is 1380. The molecule has 1 heterocycles. The van der Waals surface area contributed by atoms with E-state index >= 15 is 0 Å². The second-order valence-electron chi connectivity index (χ2n) is 11.0. The molecule has 2 aromatic carbocycles. The summed E-state index contributed by atoms with van der Waals surface area (Å²) >= 11 is 1.06. The number of aromatic amines is 1. The third-order valence-corrected chi connectivity index (χ3v) is 8.06. The fraction of sp³-hybridized carbons (Fsp3) is 0.469. The van der Waals surface area contributed by atoms with Crippen LogP contribution in [0.2, 0.25) is 0 Å². The predicted molar refractivity (Wildman–Crippen MR) is 170 cm³/mol. The van der Waals surface area contributed by atoms with Crippen molar-refractivity contribution in [2.24, 2.45) is 11.8 Å². The lowest BCUT2D eigenvalue weighted by atomic mass is 9.97. The van der Waals surface area contributed by atoms with E-state index in [1.807, 2.05) is 62.4 Å². The Morgan fingerprint density at radius 1 is 1.02 bits per heavy atom. The Labute approximate surface area is 262 Å². The highest BCUT2D eigenvalue weighted by molar-refractivity contribution is 8.13. The molecule has 2 atom stereocenters. The van der Waals surface area contributed by atoms with Gasteiger partial charge in [0.1, 0.15) is 0 Å². The van der Waals surface area contributed by atoms with Crippen LogP contribution in [0.1, 0.15) is 58.9 Å². The van der Waals surface area contributed by atoms with Crippen LogP contribution in [0.4, 0.5) is 0 Å². The summed E-state index contributed by atoms with van der Waals surface area (Å²) in [4.78, 5) is 53.2. The molecule has 0 aliphatic heterocycles. The van der Waals surface area contributed by atoms with Gasteiger partial charge in [-0.3, -0.25) is 14.4 Å². The van der Waals surface area contributed by atoms with Gasteiger partial charge in [0.05, 0.1) is 7.11 Å². The number of carbonyl (C=O) groups excluding carboxylic acids is 4. The molecule has 3 aromatic rings. The van der Waals surface area contributed by atoms with Gasteiger partial charge in [-0.05, 0) is 40.7 Å². The molecule has 2 unspecified atom stereocenters. The van der Waals surface area contributed by atoms with Gasteiger partial charge in [0.15, 0.2) is 5.12 Å². The van der Waals surface area contributed by atoms with Gasteiger partial charge in [-0.15, -0.1) is 10.2 Å². The van der Waals surface area contributed by atoms with Crippen LogP contribution in [0.15, 0.2) is 48.5 Å². The van der Waals surface area contributed by atoms with Gasteiger partial charge < -0.3 is 15.0 Å². The second-order valence-corrected chi connectivity index (χ2v) is 12.2. The number of hydrogen-bond acceptors (Lipinski definition) is 9. The van der Waals surface area contributed by atoms with Crippen molar-refractivity contribution in [1.29, 1.82) is 0 Å². The van der Waals surface area contributed by atoms with Gasteiger partial charge in [0.2, 0.25) is 17.8 Å². The number of esters is 1. The zero-order valence-corrected chi connectivity index (χ0v) is 26.9. The van der Waals surface area contributed by atoms with Crippen LogP contribution in [0.5, 0.6) is 0 Å². The Balaban J connectivity index is 1.83. The number of thioether (sulfide) groups is 1. The summed E-state index contributed by atoms with van der Waals surface area (Å²) in [6, 6.07) is 14.1. The fourth-order valence-corrected chi connectivity index (χ4v) is 5.58. The van der Waals surface area contributed by atoms with Crippen molar-refractivity contribution >= 4 is 34.7 Å². The molecule has 0 spiro atoms. The molecule has 0 saturated heterocycles. The van der Waals surface area contributed by atoms with Gasteiger partial charge in [0.25, 0.3) is 5.91 Å². The van der Waals surface area contributed by atoms with E-state index in [4.69, 9.17) is 4.74 Å². The van der Waals surface area contributed by atoms with Crippen LogP contribution in [0.3, 0.4) is 0 Å². The SMILES string of the molecule is CCCCCN(Cc1ccc(-c2ccccc2-c2nn[nH]n2)cc1)C(=O)C(NC(=O)C(CSC(C)=O)CC(C)C)C(=O)OC. The molecule has 0 radical (unpaired) electrons. The molecule has 12 heteroatoms. The molecule has 0 bridgehead atoms.